The predicted molar refractivity (Wildman–Crippen MR) is 77.6 cm³/mol. The lowest BCUT2D eigenvalue weighted by molar-refractivity contribution is -0.0608. The Labute approximate surface area is 132 Å². The van der Waals surface area contributed by atoms with Gasteiger partial charge in [0.1, 0.15) is 5.76 Å². The van der Waals surface area contributed by atoms with Crippen molar-refractivity contribution in [2.24, 2.45) is 0 Å². The molecule has 0 bridgehead atoms. The fourth-order valence-corrected chi connectivity index (χ4v) is 2.50. The van der Waals surface area contributed by atoms with Crippen LogP contribution in [0.15, 0.2) is 10.7 Å². The van der Waals surface area contributed by atoms with Gasteiger partial charge in [-0.1, -0.05) is 5.16 Å². The van der Waals surface area contributed by atoms with Gasteiger partial charge in [0.25, 0.3) is 5.91 Å². The smallest absolute Gasteiger partial charge is 0.273 e. The van der Waals surface area contributed by atoms with Crippen molar-refractivity contribution < 1.29 is 18.8 Å². The summed E-state index contributed by atoms with van der Waals surface area (Å²) in [7, 11) is 0. The van der Waals surface area contributed by atoms with Gasteiger partial charge in [-0.15, -0.1) is 0 Å². The quantitative estimate of drug-likeness (QED) is 0.824. The number of nitrogens with zero attached hydrogens (tertiary/aromatic N) is 3. The van der Waals surface area contributed by atoms with Gasteiger partial charge in [-0.3, -0.25) is 4.79 Å². The molecule has 0 radical (unpaired) electrons. The lowest BCUT2D eigenvalue weighted by Crippen LogP contribution is -2.50. The molecule has 124 valence electrons. The molecule has 0 spiro atoms. The van der Waals surface area contributed by atoms with Gasteiger partial charge in [-0.05, 0) is 20.3 Å². The lowest BCUT2D eigenvalue weighted by atomic mass is 10.1. The molecule has 9 nitrogen and oxygen atoms in total. The second-order valence-electron chi connectivity index (χ2n) is 5.45. The van der Waals surface area contributed by atoms with E-state index in [2.05, 4.69) is 25.9 Å². The summed E-state index contributed by atoms with van der Waals surface area (Å²) in [6.07, 6.45) is 1.93. The molecule has 2 aromatic rings. The molecule has 0 saturated carbocycles. The fourth-order valence-electron chi connectivity index (χ4n) is 2.50. The van der Waals surface area contributed by atoms with Crippen molar-refractivity contribution in [3.8, 4) is 0 Å². The number of hydrogen-bond acceptors (Lipinski definition) is 7. The molecule has 2 aromatic heterocycles. The number of H-pyrrole nitrogens is 1. The van der Waals surface area contributed by atoms with Crippen LogP contribution in [0.25, 0.3) is 0 Å². The fraction of sp³-hybridized carbons (Fsp3) is 0.571. The summed E-state index contributed by atoms with van der Waals surface area (Å²) >= 11 is 0. The van der Waals surface area contributed by atoms with E-state index in [0.717, 1.165) is 17.0 Å². The summed E-state index contributed by atoms with van der Waals surface area (Å²) < 4.78 is 16.6. The second kappa shape index (κ2) is 6.88. The first-order chi connectivity index (χ1) is 11.1. The average Bonchev–Trinajstić information content (AvgIpc) is 3.18. The molecule has 9 heteroatoms. The molecule has 0 aromatic carbocycles. The van der Waals surface area contributed by atoms with Crippen LogP contribution in [0.3, 0.4) is 0 Å². The van der Waals surface area contributed by atoms with Gasteiger partial charge in [-0.2, -0.15) is 15.4 Å². The first-order valence-corrected chi connectivity index (χ1v) is 7.43. The zero-order chi connectivity index (χ0) is 16.2. The first kappa shape index (κ1) is 15.6. The molecule has 2 atom stereocenters. The number of aryl methyl sites for hydroxylation is 2. The van der Waals surface area contributed by atoms with Crippen LogP contribution in [0.5, 0.6) is 0 Å². The Hall–Kier alpha value is -2.26. The standard InChI is InChI=1S/C14H19N5O4/c1-8-10(9(2)23-18-8)6-22-13-3-4-21-7-12(13)16-14(20)11-5-15-19-17-11/h5,12-13H,3-4,6-7H2,1-2H3,(H,16,20)(H,15,17,19)/t12-,13+/m0/s1. The molecule has 1 aliphatic rings. The van der Waals surface area contributed by atoms with Gasteiger partial charge < -0.3 is 19.3 Å². The molecule has 1 aliphatic heterocycles. The van der Waals surface area contributed by atoms with Crippen molar-refractivity contribution in [3.05, 3.63) is 28.9 Å². The Morgan fingerprint density at radius 2 is 2.39 bits per heavy atom. The van der Waals surface area contributed by atoms with E-state index in [1.165, 1.54) is 6.20 Å². The van der Waals surface area contributed by atoms with E-state index in [0.29, 0.717) is 26.2 Å². The van der Waals surface area contributed by atoms with Crippen LogP contribution in [0.2, 0.25) is 0 Å². The Morgan fingerprint density at radius 3 is 3.09 bits per heavy atom. The molecular weight excluding hydrogens is 302 g/mol. The van der Waals surface area contributed by atoms with Crippen LogP contribution in [0.1, 0.15) is 33.9 Å². The second-order valence-corrected chi connectivity index (χ2v) is 5.45. The Kier molecular flexibility index (Phi) is 4.68. The normalized spacial score (nSPS) is 21.3. The monoisotopic (exact) mass is 321 g/mol. The number of aromatic nitrogens is 4. The summed E-state index contributed by atoms with van der Waals surface area (Å²) in [5.74, 6) is 0.443. The minimum Gasteiger partial charge on any atom is -0.379 e. The highest BCUT2D eigenvalue weighted by molar-refractivity contribution is 5.92. The van der Waals surface area contributed by atoms with Crippen LogP contribution in [-0.2, 0) is 16.1 Å². The number of nitrogens with one attached hydrogen (secondary N) is 2. The van der Waals surface area contributed by atoms with E-state index in [1.807, 2.05) is 13.8 Å². The molecule has 23 heavy (non-hydrogen) atoms. The zero-order valence-corrected chi connectivity index (χ0v) is 13.0. The van der Waals surface area contributed by atoms with Gasteiger partial charge in [0.05, 0.1) is 37.3 Å². The van der Waals surface area contributed by atoms with E-state index >= 15 is 0 Å². The minimum atomic E-state index is -0.305. The van der Waals surface area contributed by atoms with Crippen LogP contribution in [-0.4, -0.2) is 51.8 Å². The largest absolute Gasteiger partial charge is 0.379 e. The predicted octanol–water partition coefficient (Wildman–Crippen LogP) is 0.514. The minimum absolute atomic E-state index is 0.145. The number of hydrogen-bond donors (Lipinski definition) is 2. The van der Waals surface area contributed by atoms with Crippen molar-refractivity contribution in [1.29, 1.82) is 0 Å². The summed E-state index contributed by atoms with van der Waals surface area (Å²) in [5.41, 5.74) is 2.00. The van der Waals surface area contributed by atoms with Gasteiger partial charge in [0.2, 0.25) is 0 Å². The summed E-state index contributed by atoms with van der Waals surface area (Å²) in [4.78, 5) is 12.1. The molecule has 2 N–H and O–H groups in total. The highest BCUT2D eigenvalue weighted by Gasteiger charge is 2.29. The third kappa shape index (κ3) is 3.57. The highest BCUT2D eigenvalue weighted by atomic mass is 16.5. The number of rotatable bonds is 5. The first-order valence-electron chi connectivity index (χ1n) is 7.43. The maximum Gasteiger partial charge on any atom is 0.273 e. The third-order valence-corrected chi connectivity index (χ3v) is 3.88. The molecule has 3 heterocycles. The van der Waals surface area contributed by atoms with E-state index in [9.17, 15) is 4.79 Å². The summed E-state index contributed by atoms with van der Waals surface area (Å²) in [6, 6.07) is -0.242. The van der Waals surface area contributed by atoms with Gasteiger partial charge in [0, 0.05) is 12.2 Å². The molecule has 1 amide bonds. The van der Waals surface area contributed by atoms with E-state index in [1.54, 1.807) is 0 Å². The Bertz CT molecular complexity index is 635. The van der Waals surface area contributed by atoms with Crippen molar-refractivity contribution in [1.82, 2.24) is 25.9 Å². The Morgan fingerprint density at radius 1 is 1.52 bits per heavy atom. The van der Waals surface area contributed by atoms with Crippen LogP contribution in [0.4, 0.5) is 0 Å². The maximum absolute atomic E-state index is 12.1. The number of carbonyl (C=O) groups is 1. The van der Waals surface area contributed by atoms with Crippen molar-refractivity contribution in [2.75, 3.05) is 13.2 Å². The van der Waals surface area contributed by atoms with E-state index < -0.39 is 0 Å². The van der Waals surface area contributed by atoms with Gasteiger partial charge in [0.15, 0.2) is 5.69 Å². The van der Waals surface area contributed by atoms with E-state index in [-0.39, 0.29) is 23.7 Å². The molecule has 3 rings (SSSR count). The zero-order valence-electron chi connectivity index (χ0n) is 13.0. The summed E-state index contributed by atoms with van der Waals surface area (Å²) in [6.45, 7) is 5.12. The molecular formula is C14H19N5O4. The number of aromatic amines is 1. The molecule has 1 saturated heterocycles. The van der Waals surface area contributed by atoms with Crippen molar-refractivity contribution in [3.63, 3.8) is 0 Å². The summed E-state index contributed by atoms with van der Waals surface area (Å²) in [5, 5.41) is 16.6. The van der Waals surface area contributed by atoms with Gasteiger partial charge >= 0.3 is 0 Å². The Balaban J connectivity index is 1.61. The van der Waals surface area contributed by atoms with E-state index in [4.69, 9.17) is 14.0 Å². The number of carbonyl (C=O) groups excluding carboxylic acids is 1. The molecule has 0 aliphatic carbocycles. The lowest BCUT2D eigenvalue weighted by Gasteiger charge is -2.31. The third-order valence-electron chi connectivity index (χ3n) is 3.88. The van der Waals surface area contributed by atoms with Crippen molar-refractivity contribution in [2.45, 2.75) is 39.0 Å². The highest BCUT2D eigenvalue weighted by Crippen LogP contribution is 2.18. The van der Waals surface area contributed by atoms with Crippen LogP contribution < -0.4 is 5.32 Å². The number of ether oxygens (including phenoxy) is 2. The SMILES string of the molecule is Cc1noc(C)c1CO[C@@H]1CCOC[C@@H]1NC(=O)c1cn[nH]n1. The van der Waals surface area contributed by atoms with Crippen LogP contribution in [0, 0.1) is 13.8 Å². The maximum atomic E-state index is 12.1. The van der Waals surface area contributed by atoms with Crippen LogP contribution >= 0.6 is 0 Å². The van der Waals surface area contributed by atoms with Gasteiger partial charge in [-0.25, -0.2) is 0 Å². The molecule has 0 unspecified atom stereocenters. The molecule has 1 fully saturated rings. The topological polar surface area (TPSA) is 115 Å². The number of amides is 1. The average molecular weight is 321 g/mol. The van der Waals surface area contributed by atoms with Crippen molar-refractivity contribution >= 4 is 5.91 Å².